The Morgan fingerprint density at radius 1 is 0.833 bits per heavy atom. The largest absolute Gasteiger partial charge is 0.493 e. The van der Waals surface area contributed by atoms with E-state index in [4.69, 9.17) is 9.47 Å². The third-order valence-corrected chi connectivity index (χ3v) is 7.91. The third-order valence-electron chi connectivity index (χ3n) is 7.91. The maximum absolute atomic E-state index is 13.7. The Bertz CT molecular complexity index is 1650. The molecule has 212 valence electrons. The molecule has 2 aliphatic rings. The first-order valence-electron chi connectivity index (χ1n) is 14.0. The van der Waals surface area contributed by atoms with Gasteiger partial charge in [-0.05, 0) is 62.6 Å². The van der Waals surface area contributed by atoms with Gasteiger partial charge in [-0.25, -0.2) is 0 Å². The highest BCUT2D eigenvalue weighted by molar-refractivity contribution is 6.21. The number of aromatic nitrogens is 1. The molecule has 1 aromatic heterocycles. The molecule has 2 aliphatic heterocycles. The van der Waals surface area contributed by atoms with Gasteiger partial charge in [0.25, 0.3) is 17.7 Å². The molecule has 0 N–H and O–H groups in total. The molecule has 42 heavy (non-hydrogen) atoms. The van der Waals surface area contributed by atoms with E-state index in [0.717, 1.165) is 18.4 Å². The minimum Gasteiger partial charge on any atom is -0.493 e. The first-order chi connectivity index (χ1) is 20.4. The number of amides is 3. The van der Waals surface area contributed by atoms with Crippen molar-refractivity contribution in [1.82, 2.24) is 9.88 Å². The van der Waals surface area contributed by atoms with Crippen LogP contribution in [0.1, 0.15) is 74.2 Å². The molecule has 8 nitrogen and oxygen atoms in total. The molecule has 0 radical (unpaired) electrons. The number of ether oxygens (including phenoxy) is 2. The van der Waals surface area contributed by atoms with Gasteiger partial charge in [-0.2, -0.15) is 0 Å². The van der Waals surface area contributed by atoms with E-state index in [-0.39, 0.29) is 36.4 Å². The fourth-order valence-corrected chi connectivity index (χ4v) is 5.64. The zero-order valence-electron chi connectivity index (χ0n) is 23.7. The molecule has 0 aliphatic carbocycles. The lowest BCUT2D eigenvalue weighted by Gasteiger charge is -2.24. The standard InChI is InChI=1S/C34H31N3O5/c1-21(13-14-23-9-5-4-6-10-23)42-31-18-25(15-16-30(31)41-3)37-22(2)29-19-35-24(17-28(29)34(37)40)20-36-32(38)26-11-7-8-12-27(26)33(36)39/h4-12,15-19,21-22H,13-14,20H2,1-3H3. The van der Waals surface area contributed by atoms with Crippen LogP contribution in [0, 0.1) is 0 Å². The van der Waals surface area contributed by atoms with Gasteiger partial charge in [0.1, 0.15) is 0 Å². The smallest absolute Gasteiger partial charge is 0.261 e. The van der Waals surface area contributed by atoms with Crippen molar-refractivity contribution in [2.75, 3.05) is 12.0 Å². The second kappa shape index (κ2) is 11.1. The van der Waals surface area contributed by atoms with E-state index in [0.29, 0.717) is 39.6 Å². The number of aryl methyl sites for hydroxylation is 1. The summed E-state index contributed by atoms with van der Waals surface area (Å²) in [4.78, 5) is 46.8. The van der Waals surface area contributed by atoms with E-state index >= 15 is 0 Å². The van der Waals surface area contributed by atoms with E-state index in [2.05, 4.69) is 17.1 Å². The van der Waals surface area contributed by atoms with Gasteiger partial charge in [0.15, 0.2) is 11.5 Å². The Labute approximate surface area is 244 Å². The number of hydrogen-bond donors (Lipinski definition) is 0. The first kappa shape index (κ1) is 27.2. The molecule has 8 heteroatoms. The van der Waals surface area contributed by atoms with E-state index in [9.17, 15) is 14.4 Å². The van der Waals surface area contributed by atoms with Crippen LogP contribution in [0.2, 0.25) is 0 Å². The molecule has 0 bridgehead atoms. The Kier molecular flexibility index (Phi) is 7.20. The Morgan fingerprint density at radius 3 is 2.21 bits per heavy atom. The number of imide groups is 1. The van der Waals surface area contributed by atoms with Crippen molar-refractivity contribution >= 4 is 23.4 Å². The molecule has 0 saturated heterocycles. The van der Waals surface area contributed by atoms with Crippen LogP contribution < -0.4 is 14.4 Å². The van der Waals surface area contributed by atoms with Gasteiger partial charge in [0.2, 0.25) is 0 Å². The van der Waals surface area contributed by atoms with Crippen molar-refractivity contribution in [3.05, 3.63) is 119 Å². The summed E-state index contributed by atoms with van der Waals surface area (Å²) in [6.45, 7) is 3.96. The Hall–Kier alpha value is -4.98. The molecule has 4 aromatic rings. The maximum atomic E-state index is 13.7. The number of rotatable bonds is 9. The van der Waals surface area contributed by atoms with Crippen molar-refractivity contribution in [2.24, 2.45) is 0 Å². The molecule has 6 rings (SSSR count). The Balaban J connectivity index is 1.20. The van der Waals surface area contributed by atoms with Crippen molar-refractivity contribution < 1.29 is 23.9 Å². The predicted molar refractivity (Wildman–Crippen MR) is 158 cm³/mol. The molecule has 0 spiro atoms. The maximum Gasteiger partial charge on any atom is 0.261 e. The zero-order chi connectivity index (χ0) is 29.4. The lowest BCUT2D eigenvalue weighted by molar-refractivity contribution is 0.0640. The summed E-state index contributed by atoms with van der Waals surface area (Å²) in [6.07, 6.45) is 3.30. The van der Waals surface area contributed by atoms with Crippen molar-refractivity contribution in [3.63, 3.8) is 0 Å². The van der Waals surface area contributed by atoms with Crippen LogP contribution in [0.25, 0.3) is 0 Å². The van der Waals surface area contributed by atoms with E-state index in [1.807, 2.05) is 50.2 Å². The van der Waals surface area contributed by atoms with E-state index < -0.39 is 0 Å². The fourth-order valence-electron chi connectivity index (χ4n) is 5.64. The minimum atomic E-state index is -0.358. The molecule has 0 saturated carbocycles. The van der Waals surface area contributed by atoms with Gasteiger partial charge in [0, 0.05) is 29.1 Å². The molecule has 0 fully saturated rings. The Morgan fingerprint density at radius 2 is 1.52 bits per heavy atom. The minimum absolute atomic E-state index is 0.0112. The highest BCUT2D eigenvalue weighted by Crippen LogP contribution is 2.41. The number of carbonyl (C=O) groups excluding carboxylic acids is 3. The van der Waals surface area contributed by atoms with Crippen LogP contribution in [-0.2, 0) is 13.0 Å². The van der Waals surface area contributed by atoms with E-state index in [1.165, 1.54) is 10.5 Å². The molecule has 2 atom stereocenters. The normalized spacial score (nSPS) is 16.5. The predicted octanol–water partition coefficient (Wildman–Crippen LogP) is 6.01. The van der Waals surface area contributed by atoms with Crippen LogP contribution >= 0.6 is 0 Å². The van der Waals surface area contributed by atoms with Crippen LogP contribution in [0.15, 0.2) is 85.1 Å². The van der Waals surface area contributed by atoms with Gasteiger partial charge in [0.05, 0.1) is 42.6 Å². The van der Waals surface area contributed by atoms with Crippen LogP contribution in [0.4, 0.5) is 5.69 Å². The number of nitrogens with zero attached hydrogens (tertiary/aromatic N) is 3. The van der Waals surface area contributed by atoms with E-state index in [1.54, 1.807) is 48.5 Å². The number of benzene rings is 3. The average molecular weight is 562 g/mol. The number of pyridine rings is 1. The van der Waals surface area contributed by atoms with Crippen molar-refractivity contribution in [1.29, 1.82) is 0 Å². The van der Waals surface area contributed by atoms with Crippen LogP contribution in [0.3, 0.4) is 0 Å². The van der Waals surface area contributed by atoms with Crippen LogP contribution in [0.5, 0.6) is 11.5 Å². The molecule has 3 aromatic carbocycles. The summed E-state index contributed by atoms with van der Waals surface area (Å²) < 4.78 is 11.9. The summed E-state index contributed by atoms with van der Waals surface area (Å²) in [6, 6.07) is 23.9. The summed E-state index contributed by atoms with van der Waals surface area (Å²) in [5.41, 5.74) is 4.43. The highest BCUT2D eigenvalue weighted by Gasteiger charge is 2.38. The number of carbonyl (C=O) groups is 3. The van der Waals surface area contributed by atoms with Gasteiger partial charge in [-0.3, -0.25) is 24.3 Å². The third kappa shape index (κ3) is 4.89. The fraction of sp³-hybridized carbons (Fsp3) is 0.235. The second-order valence-electron chi connectivity index (χ2n) is 10.6. The molecule has 3 heterocycles. The van der Waals surface area contributed by atoms with Gasteiger partial charge >= 0.3 is 0 Å². The van der Waals surface area contributed by atoms with Crippen molar-refractivity contribution in [2.45, 2.75) is 45.4 Å². The van der Waals surface area contributed by atoms with Gasteiger partial charge < -0.3 is 14.4 Å². The summed E-state index contributed by atoms with van der Waals surface area (Å²) in [7, 11) is 1.59. The SMILES string of the molecule is COc1ccc(N2C(=O)c3cc(CN4C(=O)c5ccccc5C4=O)ncc3C2C)cc1OC(C)CCc1ccccc1. The zero-order valence-corrected chi connectivity index (χ0v) is 23.7. The second-order valence-corrected chi connectivity index (χ2v) is 10.6. The summed E-state index contributed by atoms with van der Waals surface area (Å²) in [5.74, 6) is 0.255. The number of hydrogen-bond acceptors (Lipinski definition) is 6. The first-order valence-corrected chi connectivity index (χ1v) is 14.0. The quantitative estimate of drug-likeness (QED) is 0.233. The molecular weight excluding hydrogens is 530 g/mol. The molecular formula is C34H31N3O5. The number of methoxy groups -OCH3 is 1. The number of anilines is 1. The van der Waals surface area contributed by atoms with Gasteiger partial charge in [-0.1, -0.05) is 42.5 Å². The highest BCUT2D eigenvalue weighted by atomic mass is 16.5. The van der Waals surface area contributed by atoms with Crippen LogP contribution in [-0.4, -0.2) is 40.8 Å². The summed E-state index contributed by atoms with van der Waals surface area (Å²) >= 11 is 0. The number of fused-ring (bicyclic) bond motifs is 2. The average Bonchev–Trinajstić information content (AvgIpc) is 3.40. The van der Waals surface area contributed by atoms with Crippen molar-refractivity contribution in [3.8, 4) is 11.5 Å². The summed E-state index contributed by atoms with van der Waals surface area (Å²) in [5, 5.41) is 0. The monoisotopic (exact) mass is 561 g/mol. The lowest BCUT2D eigenvalue weighted by atomic mass is 10.1. The molecule has 3 amide bonds. The molecule has 2 unspecified atom stereocenters. The topological polar surface area (TPSA) is 89.0 Å². The lowest BCUT2D eigenvalue weighted by Crippen LogP contribution is -2.29. The van der Waals surface area contributed by atoms with Gasteiger partial charge in [-0.15, -0.1) is 0 Å².